The lowest BCUT2D eigenvalue weighted by molar-refractivity contribution is 0.330. The van der Waals surface area contributed by atoms with Crippen molar-refractivity contribution >= 4 is 36.5 Å². The Bertz CT molecular complexity index is 444. The Balaban J connectivity index is 2.91. The van der Waals surface area contributed by atoms with Gasteiger partial charge in [0.2, 0.25) is 0 Å². The van der Waals surface area contributed by atoms with E-state index >= 15 is 0 Å². The summed E-state index contributed by atoms with van der Waals surface area (Å²) in [4.78, 5) is 3.88. The van der Waals surface area contributed by atoms with E-state index in [1.54, 1.807) is 25.3 Å². The Morgan fingerprint density at radius 1 is 1.65 bits per heavy atom. The van der Waals surface area contributed by atoms with Crippen LogP contribution in [0.5, 0.6) is 5.75 Å². The summed E-state index contributed by atoms with van der Waals surface area (Å²) in [5.74, 6) is 0.346. The van der Waals surface area contributed by atoms with Crippen LogP contribution in [0.2, 0.25) is 5.15 Å². The van der Waals surface area contributed by atoms with Gasteiger partial charge in [0.15, 0.2) is 17.3 Å². The van der Waals surface area contributed by atoms with Crippen molar-refractivity contribution < 1.29 is 13.8 Å². The van der Waals surface area contributed by atoms with Crippen molar-refractivity contribution in [2.75, 3.05) is 13.7 Å². The fourth-order valence-corrected chi connectivity index (χ4v) is 2.90. The van der Waals surface area contributed by atoms with Gasteiger partial charge in [0.1, 0.15) is 0 Å². The normalized spacial score (nSPS) is 14.5. The van der Waals surface area contributed by atoms with Crippen molar-refractivity contribution in [1.82, 2.24) is 4.98 Å². The third-order valence-electron chi connectivity index (χ3n) is 1.52. The Hall–Kier alpha value is -0.680. The van der Waals surface area contributed by atoms with E-state index in [4.69, 9.17) is 37.2 Å². The van der Waals surface area contributed by atoms with Crippen LogP contribution < -0.4 is 4.52 Å². The lowest BCUT2D eigenvalue weighted by atomic mass is 10.5. The molecule has 0 saturated carbocycles. The Kier molecular flexibility index (Phi) is 5.85. The standard InChI is InChI=1S/C9H12ClN2O3PS/c1-3-14-16(17,12-7-13-2)15-8-5-4-6-11-9(8)10/h4-7H,3H2,1-2H3/b12-7+. The highest BCUT2D eigenvalue weighted by Crippen LogP contribution is 2.50. The van der Waals surface area contributed by atoms with Gasteiger partial charge in [0.25, 0.3) is 0 Å². The summed E-state index contributed by atoms with van der Waals surface area (Å²) in [5, 5.41) is 0.217. The molecule has 0 amide bonds. The van der Waals surface area contributed by atoms with Crippen molar-refractivity contribution in [3.8, 4) is 5.75 Å². The van der Waals surface area contributed by atoms with Crippen LogP contribution in [0.15, 0.2) is 23.1 Å². The Morgan fingerprint density at radius 3 is 3.00 bits per heavy atom. The minimum Gasteiger partial charge on any atom is -0.486 e. The molecule has 17 heavy (non-hydrogen) atoms. The van der Waals surface area contributed by atoms with Gasteiger partial charge in [-0.25, -0.2) is 4.98 Å². The molecule has 0 aliphatic rings. The number of nitrogens with zero attached hydrogens (tertiary/aromatic N) is 2. The van der Waals surface area contributed by atoms with Crippen LogP contribution in [0.4, 0.5) is 0 Å². The molecule has 1 aromatic rings. The van der Waals surface area contributed by atoms with E-state index in [1.807, 2.05) is 0 Å². The lowest BCUT2D eigenvalue weighted by Gasteiger charge is -2.17. The molecule has 0 aromatic carbocycles. The van der Waals surface area contributed by atoms with Crippen LogP contribution in [0.25, 0.3) is 0 Å². The number of hydrogen-bond acceptors (Lipinski definition) is 5. The highest BCUT2D eigenvalue weighted by molar-refractivity contribution is 8.09. The SMILES string of the molecule is CCOP(=S)(/N=C/OC)Oc1cccnc1Cl. The monoisotopic (exact) mass is 294 g/mol. The first-order valence-electron chi connectivity index (χ1n) is 4.73. The molecule has 5 nitrogen and oxygen atoms in total. The van der Waals surface area contributed by atoms with Gasteiger partial charge in [-0.15, -0.1) is 0 Å². The number of rotatable bonds is 6. The lowest BCUT2D eigenvalue weighted by Crippen LogP contribution is -1.97. The molecule has 0 N–H and O–H groups in total. The summed E-state index contributed by atoms with van der Waals surface area (Å²) in [5.41, 5.74) is 0. The number of aromatic nitrogens is 1. The van der Waals surface area contributed by atoms with Gasteiger partial charge in [-0.05, 0) is 19.1 Å². The molecule has 0 spiro atoms. The molecule has 1 rings (SSSR count). The van der Waals surface area contributed by atoms with E-state index in [1.165, 1.54) is 13.5 Å². The van der Waals surface area contributed by atoms with E-state index in [0.717, 1.165) is 0 Å². The summed E-state index contributed by atoms with van der Waals surface area (Å²) >= 11 is 11.1. The Labute approximate surface area is 110 Å². The zero-order valence-corrected chi connectivity index (χ0v) is 11.8. The minimum atomic E-state index is -2.83. The summed E-state index contributed by atoms with van der Waals surface area (Å²) in [6, 6.07) is 3.34. The molecule has 0 fully saturated rings. The van der Waals surface area contributed by atoms with Gasteiger partial charge in [0, 0.05) is 18.0 Å². The molecular formula is C9H12ClN2O3PS. The van der Waals surface area contributed by atoms with E-state index in [-0.39, 0.29) is 5.15 Å². The fraction of sp³-hybridized carbons (Fsp3) is 0.333. The van der Waals surface area contributed by atoms with Gasteiger partial charge in [-0.3, -0.25) is 0 Å². The zero-order valence-electron chi connectivity index (χ0n) is 9.37. The quantitative estimate of drug-likeness (QED) is 0.349. The predicted molar refractivity (Wildman–Crippen MR) is 71.3 cm³/mol. The average Bonchev–Trinajstić information content (AvgIpc) is 2.30. The van der Waals surface area contributed by atoms with Crippen molar-refractivity contribution in [2.24, 2.45) is 4.76 Å². The molecule has 8 heteroatoms. The first-order valence-corrected chi connectivity index (χ1v) is 7.69. The van der Waals surface area contributed by atoms with Gasteiger partial charge in [0.05, 0.1) is 13.7 Å². The van der Waals surface area contributed by atoms with Gasteiger partial charge in [-0.1, -0.05) is 11.6 Å². The summed E-state index contributed by atoms with van der Waals surface area (Å²) < 4.78 is 19.5. The van der Waals surface area contributed by atoms with Crippen molar-refractivity contribution in [1.29, 1.82) is 0 Å². The van der Waals surface area contributed by atoms with Crippen molar-refractivity contribution in [3.05, 3.63) is 23.5 Å². The van der Waals surface area contributed by atoms with Crippen LogP contribution in [-0.2, 0) is 21.1 Å². The van der Waals surface area contributed by atoms with Gasteiger partial charge in [-0.2, -0.15) is 4.76 Å². The first kappa shape index (κ1) is 14.4. The molecule has 0 aliphatic carbocycles. The van der Waals surface area contributed by atoms with Gasteiger partial charge >= 0.3 is 6.64 Å². The number of halogens is 1. The molecule has 0 radical (unpaired) electrons. The van der Waals surface area contributed by atoms with E-state index in [9.17, 15) is 0 Å². The maximum absolute atomic E-state index is 5.86. The summed E-state index contributed by atoms with van der Waals surface area (Å²) in [7, 11) is 1.46. The van der Waals surface area contributed by atoms with Crippen LogP contribution in [-0.4, -0.2) is 25.1 Å². The van der Waals surface area contributed by atoms with Crippen LogP contribution in [0.3, 0.4) is 0 Å². The molecule has 1 aromatic heterocycles. The van der Waals surface area contributed by atoms with E-state index < -0.39 is 6.64 Å². The number of ether oxygens (including phenoxy) is 1. The Morgan fingerprint density at radius 2 is 2.41 bits per heavy atom. The van der Waals surface area contributed by atoms with Crippen molar-refractivity contribution in [2.45, 2.75) is 6.92 Å². The molecule has 1 unspecified atom stereocenters. The molecular weight excluding hydrogens is 283 g/mol. The second-order valence-corrected chi connectivity index (χ2v) is 6.08. The molecule has 0 bridgehead atoms. The van der Waals surface area contributed by atoms with E-state index in [0.29, 0.717) is 12.4 Å². The number of pyridine rings is 1. The number of hydrogen-bond donors (Lipinski definition) is 0. The number of methoxy groups -OCH3 is 1. The fourth-order valence-electron chi connectivity index (χ4n) is 0.915. The summed E-state index contributed by atoms with van der Waals surface area (Å²) in [6.45, 7) is -0.643. The second kappa shape index (κ2) is 6.91. The van der Waals surface area contributed by atoms with Crippen molar-refractivity contribution in [3.63, 3.8) is 0 Å². The average molecular weight is 295 g/mol. The zero-order chi connectivity index (χ0) is 12.7. The van der Waals surface area contributed by atoms with Crippen LogP contribution in [0, 0.1) is 0 Å². The van der Waals surface area contributed by atoms with Crippen LogP contribution in [0.1, 0.15) is 6.92 Å². The topological polar surface area (TPSA) is 52.9 Å². The van der Waals surface area contributed by atoms with Crippen LogP contribution >= 0.6 is 18.2 Å². The molecule has 0 aliphatic heterocycles. The largest absolute Gasteiger partial charge is 0.486 e. The molecule has 94 valence electrons. The smallest absolute Gasteiger partial charge is 0.364 e. The first-order chi connectivity index (χ1) is 8.11. The van der Waals surface area contributed by atoms with Gasteiger partial charge < -0.3 is 13.8 Å². The molecule has 1 atom stereocenters. The predicted octanol–water partition coefficient (Wildman–Crippen LogP) is 3.05. The highest BCUT2D eigenvalue weighted by atomic mass is 35.5. The minimum absolute atomic E-state index is 0.217. The molecule has 1 heterocycles. The second-order valence-electron chi connectivity index (χ2n) is 2.73. The molecule has 0 saturated heterocycles. The third-order valence-corrected chi connectivity index (χ3v) is 4.02. The highest BCUT2D eigenvalue weighted by Gasteiger charge is 2.20. The maximum atomic E-state index is 5.86. The third kappa shape index (κ3) is 4.60. The van der Waals surface area contributed by atoms with E-state index in [2.05, 4.69) is 9.75 Å². The maximum Gasteiger partial charge on any atom is 0.364 e. The summed E-state index contributed by atoms with van der Waals surface area (Å²) in [6.07, 6.45) is 2.75.